The van der Waals surface area contributed by atoms with E-state index in [-0.39, 0.29) is 12.1 Å². The number of nitrogens with zero attached hydrogens (tertiary/aromatic N) is 3. The number of aryl methyl sites for hydroxylation is 2. The highest BCUT2D eigenvalue weighted by molar-refractivity contribution is 5.88. The Morgan fingerprint density at radius 1 is 1.27 bits per heavy atom. The van der Waals surface area contributed by atoms with E-state index in [2.05, 4.69) is 22.2 Å². The van der Waals surface area contributed by atoms with Gasteiger partial charge < -0.3 is 4.90 Å². The monoisotopic (exact) mass is 298 g/mol. The van der Waals surface area contributed by atoms with Crippen LogP contribution in [0.25, 0.3) is 0 Å². The molecule has 0 aliphatic heterocycles. The summed E-state index contributed by atoms with van der Waals surface area (Å²) >= 11 is 0. The van der Waals surface area contributed by atoms with Crippen LogP contribution in [-0.4, -0.2) is 27.9 Å². The average molecular weight is 298 g/mol. The number of nitrogens with one attached hydrogen (secondary N) is 1. The molecule has 0 bridgehead atoms. The Balaban J connectivity index is 2.14. The predicted octanol–water partition coefficient (Wildman–Crippen LogP) is 3.71. The quantitative estimate of drug-likeness (QED) is 0.936. The Labute approximate surface area is 131 Å². The Morgan fingerprint density at radius 2 is 1.95 bits per heavy atom. The first-order chi connectivity index (χ1) is 10.5. The molecule has 0 spiro atoms. The first-order valence-electron chi connectivity index (χ1n) is 7.40. The van der Waals surface area contributed by atoms with Crippen LogP contribution in [0.15, 0.2) is 36.7 Å². The molecule has 1 unspecified atom stereocenters. The van der Waals surface area contributed by atoms with E-state index in [0.717, 1.165) is 23.2 Å². The van der Waals surface area contributed by atoms with Gasteiger partial charge in [-0.1, -0.05) is 6.92 Å². The number of urea groups is 1. The molecule has 116 valence electrons. The van der Waals surface area contributed by atoms with Gasteiger partial charge in [0.15, 0.2) is 0 Å². The third-order valence-corrected chi connectivity index (χ3v) is 3.60. The first kappa shape index (κ1) is 15.9. The van der Waals surface area contributed by atoms with Crippen molar-refractivity contribution in [2.75, 3.05) is 12.4 Å². The molecule has 0 radical (unpaired) electrons. The summed E-state index contributed by atoms with van der Waals surface area (Å²) in [7, 11) is 1.80. The third-order valence-electron chi connectivity index (χ3n) is 3.60. The van der Waals surface area contributed by atoms with Crippen LogP contribution in [0.2, 0.25) is 0 Å². The second-order valence-electron chi connectivity index (χ2n) is 5.42. The van der Waals surface area contributed by atoms with Crippen LogP contribution < -0.4 is 5.32 Å². The van der Waals surface area contributed by atoms with Gasteiger partial charge in [-0.25, -0.2) is 9.78 Å². The molecule has 0 saturated heterocycles. The van der Waals surface area contributed by atoms with Crippen molar-refractivity contribution in [3.05, 3.63) is 53.5 Å². The van der Waals surface area contributed by atoms with E-state index in [1.165, 1.54) is 0 Å². The maximum absolute atomic E-state index is 12.5. The Kier molecular flexibility index (Phi) is 5.09. The van der Waals surface area contributed by atoms with Crippen molar-refractivity contribution in [3.63, 3.8) is 0 Å². The van der Waals surface area contributed by atoms with Crippen LogP contribution >= 0.6 is 0 Å². The van der Waals surface area contributed by atoms with E-state index >= 15 is 0 Å². The van der Waals surface area contributed by atoms with E-state index in [4.69, 9.17) is 0 Å². The van der Waals surface area contributed by atoms with Crippen LogP contribution in [0, 0.1) is 13.8 Å². The summed E-state index contributed by atoms with van der Waals surface area (Å²) in [5.41, 5.74) is 3.04. The Morgan fingerprint density at radius 3 is 2.55 bits per heavy atom. The number of rotatable bonds is 4. The van der Waals surface area contributed by atoms with Crippen molar-refractivity contribution in [1.29, 1.82) is 0 Å². The van der Waals surface area contributed by atoms with Crippen LogP contribution in [0.4, 0.5) is 10.6 Å². The number of aromatic nitrogens is 2. The molecule has 0 saturated carbocycles. The van der Waals surface area contributed by atoms with E-state index in [1.807, 2.05) is 38.1 Å². The normalized spacial score (nSPS) is 11.8. The smallest absolute Gasteiger partial charge is 0.321 e. The number of anilines is 1. The molecule has 2 aromatic rings. The molecule has 5 heteroatoms. The average Bonchev–Trinajstić information content (AvgIpc) is 2.47. The summed E-state index contributed by atoms with van der Waals surface area (Å²) in [5.74, 6) is 0.582. The van der Waals surface area contributed by atoms with Gasteiger partial charge in [-0.3, -0.25) is 10.3 Å². The standard InChI is InChI=1S/C17H22N4O/c1-5-15(14-6-8-18-9-7-14)21(4)17(22)20-16-11-12(2)10-13(3)19-16/h6-11,15H,5H2,1-4H3,(H,19,20,22). The number of hydrogen-bond acceptors (Lipinski definition) is 3. The van der Waals surface area contributed by atoms with Crippen molar-refractivity contribution in [3.8, 4) is 0 Å². The van der Waals surface area contributed by atoms with Crippen molar-refractivity contribution in [2.45, 2.75) is 33.2 Å². The summed E-state index contributed by atoms with van der Waals surface area (Å²) in [4.78, 5) is 22.5. The molecule has 0 aliphatic carbocycles. The van der Waals surface area contributed by atoms with E-state index in [0.29, 0.717) is 5.82 Å². The fraction of sp³-hybridized carbons (Fsp3) is 0.353. The molecule has 0 aromatic carbocycles. The maximum atomic E-state index is 12.5. The van der Waals surface area contributed by atoms with Crippen LogP contribution in [-0.2, 0) is 0 Å². The van der Waals surface area contributed by atoms with E-state index in [9.17, 15) is 4.79 Å². The molecule has 1 atom stereocenters. The van der Waals surface area contributed by atoms with E-state index in [1.54, 1.807) is 24.3 Å². The summed E-state index contributed by atoms with van der Waals surface area (Å²) in [6.45, 7) is 5.96. The lowest BCUT2D eigenvalue weighted by molar-refractivity contribution is 0.202. The molecule has 5 nitrogen and oxygen atoms in total. The second kappa shape index (κ2) is 7.02. The summed E-state index contributed by atoms with van der Waals surface area (Å²) in [6.07, 6.45) is 4.32. The summed E-state index contributed by atoms with van der Waals surface area (Å²) < 4.78 is 0. The lowest BCUT2D eigenvalue weighted by atomic mass is 10.1. The molecule has 2 aromatic heterocycles. The first-order valence-corrected chi connectivity index (χ1v) is 7.40. The Hall–Kier alpha value is -2.43. The van der Waals surface area contributed by atoms with Gasteiger partial charge in [0.1, 0.15) is 5.82 Å². The Bertz CT molecular complexity index is 622. The minimum atomic E-state index is -0.166. The van der Waals surface area contributed by atoms with Crippen LogP contribution in [0.1, 0.15) is 36.2 Å². The SMILES string of the molecule is CCC(c1ccncc1)N(C)C(=O)Nc1cc(C)cc(C)n1. The van der Waals surface area contributed by atoms with Crippen molar-refractivity contribution < 1.29 is 4.79 Å². The minimum absolute atomic E-state index is 0.00825. The predicted molar refractivity (Wildman–Crippen MR) is 87.8 cm³/mol. The highest BCUT2D eigenvalue weighted by atomic mass is 16.2. The van der Waals surface area contributed by atoms with Gasteiger partial charge in [0.2, 0.25) is 0 Å². The molecule has 2 rings (SSSR count). The van der Waals surface area contributed by atoms with Crippen molar-refractivity contribution in [2.24, 2.45) is 0 Å². The fourth-order valence-electron chi connectivity index (χ4n) is 2.56. The summed E-state index contributed by atoms with van der Waals surface area (Å²) in [5, 5.41) is 2.87. The van der Waals surface area contributed by atoms with Gasteiger partial charge in [-0.2, -0.15) is 0 Å². The van der Waals surface area contributed by atoms with Crippen LogP contribution in [0.5, 0.6) is 0 Å². The zero-order valence-electron chi connectivity index (χ0n) is 13.5. The number of pyridine rings is 2. The maximum Gasteiger partial charge on any atom is 0.323 e. The molecule has 0 aliphatic rings. The van der Waals surface area contributed by atoms with Crippen molar-refractivity contribution >= 4 is 11.8 Å². The molecule has 1 N–H and O–H groups in total. The van der Waals surface area contributed by atoms with Crippen molar-refractivity contribution in [1.82, 2.24) is 14.9 Å². The molecule has 0 fully saturated rings. The fourth-order valence-corrected chi connectivity index (χ4v) is 2.56. The molecular weight excluding hydrogens is 276 g/mol. The lowest BCUT2D eigenvalue weighted by Crippen LogP contribution is -2.35. The topological polar surface area (TPSA) is 58.1 Å². The number of hydrogen-bond donors (Lipinski definition) is 1. The second-order valence-corrected chi connectivity index (χ2v) is 5.42. The number of carbonyl (C=O) groups excluding carboxylic acids is 1. The zero-order chi connectivity index (χ0) is 16.1. The number of carbonyl (C=O) groups is 1. The largest absolute Gasteiger partial charge is 0.323 e. The summed E-state index contributed by atoms with van der Waals surface area (Å²) in [6, 6.07) is 7.56. The minimum Gasteiger partial charge on any atom is -0.321 e. The molecule has 2 heterocycles. The molecule has 22 heavy (non-hydrogen) atoms. The van der Waals surface area contributed by atoms with Gasteiger partial charge in [0.25, 0.3) is 0 Å². The number of amides is 2. The van der Waals surface area contributed by atoms with Gasteiger partial charge in [0, 0.05) is 25.1 Å². The van der Waals surface area contributed by atoms with Crippen LogP contribution in [0.3, 0.4) is 0 Å². The lowest BCUT2D eigenvalue weighted by Gasteiger charge is -2.27. The molecule has 2 amide bonds. The van der Waals surface area contributed by atoms with Gasteiger partial charge in [-0.05, 0) is 55.7 Å². The van der Waals surface area contributed by atoms with Gasteiger partial charge in [0.05, 0.1) is 6.04 Å². The third kappa shape index (κ3) is 3.81. The highest BCUT2D eigenvalue weighted by Gasteiger charge is 2.20. The van der Waals surface area contributed by atoms with E-state index < -0.39 is 0 Å². The van der Waals surface area contributed by atoms with Gasteiger partial charge in [-0.15, -0.1) is 0 Å². The highest BCUT2D eigenvalue weighted by Crippen LogP contribution is 2.23. The molecular formula is C17H22N4O. The zero-order valence-corrected chi connectivity index (χ0v) is 13.5. The van der Waals surface area contributed by atoms with Gasteiger partial charge >= 0.3 is 6.03 Å².